The molecule has 0 spiro atoms. The van der Waals surface area contributed by atoms with Gasteiger partial charge in [0.2, 0.25) is 0 Å². The molecule has 0 saturated carbocycles. The number of furan rings is 1. The summed E-state index contributed by atoms with van der Waals surface area (Å²) in [5.74, 6) is -1.08. The van der Waals surface area contributed by atoms with Crippen molar-refractivity contribution in [1.29, 1.82) is 0 Å². The summed E-state index contributed by atoms with van der Waals surface area (Å²) in [4.78, 5) is 24.7. The van der Waals surface area contributed by atoms with Crippen molar-refractivity contribution in [2.45, 2.75) is 6.54 Å². The Morgan fingerprint density at radius 3 is 2.76 bits per heavy atom. The van der Waals surface area contributed by atoms with Gasteiger partial charge in [0.05, 0.1) is 30.3 Å². The number of carbonyl (C=O) groups is 2. The Bertz CT molecular complexity index is 655. The van der Waals surface area contributed by atoms with Crippen molar-refractivity contribution >= 4 is 40.3 Å². The number of amides is 2. The Hall–Kier alpha value is -2.03. The largest absolute Gasteiger partial charge is 0.478 e. The number of carboxylic acids is 1. The zero-order valence-electron chi connectivity index (χ0n) is 11.2. The van der Waals surface area contributed by atoms with Crippen molar-refractivity contribution in [1.82, 2.24) is 4.90 Å². The first-order valence-corrected chi connectivity index (χ1v) is 7.11. The van der Waals surface area contributed by atoms with Crippen molar-refractivity contribution in [3.63, 3.8) is 0 Å². The third-order valence-electron chi connectivity index (χ3n) is 2.80. The Kier molecular flexibility index (Phi) is 4.84. The highest BCUT2D eigenvalue weighted by Crippen LogP contribution is 2.19. The van der Waals surface area contributed by atoms with Gasteiger partial charge in [0.15, 0.2) is 0 Å². The van der Waals surface area contributed by atoms with Crippen molar-refractivity contribution in [2.24, 2.45) is 0 Å². The number of nitrogens with one attached hydrogen (secondary N) is 1. The molecule has 0 atom stereocenters. The summed E-state index contributed by atoms with van der Waals surface area (Å²) in [5, 5.41) is 11.8. The molecular formula is C14H13IN2O4. The number of urea groups is 1. The van der Waals surface area contributed by atoms with E-state index in [9.17, 15) is 9.59 Å². The van der Waals surface area contributed by atoms with Crippen molar-refractivity contribution < 1.29 is 19.1 Å². The van der Waals surface area contributed by atoms with E-state index < -0.39 is 5.97 Å². The van der Waals surface area contributed by atoms with Gasteiger partial charge < -0.3 is 19.7 Å². The van der Waals surface area contributed by atoms with Crippen LogP contribution in [-0.2, 0) is 6.54 Å². The number of carbonyl (C=O) groups excluding carboxylic acids is 1. The minimum atomic E-state index is -1.08. The van der Waals surface area contributed by atoms with Crippen LogP contribution >= 0.6 is 22.6 Å². The van der Waals surface area contributed by atoms with Crippen LogP contribution in [0.5, 0.6) is 0 Å². The molecule has 0 aliphatic rings. The van der Waals surface area contributed by atoms with Gasteiger partial charge in [-0.05, 0) is 46.9 Å². The molecule has 2 aromatic rings. The van der Waals surface area contributed by atoms with E-state index in [1.807, 2.05) is 22.6 Å². The zero-order chi connectivity index (χ0) is 15.4. The van der Waals surface area contributed by atoms with Gasteiger partial charge in [0.1, 0.15) is 0 Å². The summed E-state index contributed by atoms with van der Waals surface area (Å²) >= 11 is 2.02. The van der Waals surface area contributed by atoms with E-state index in [0.29, 0.717) is 6.54 Å². The first-order chi connectivity index (χ1) is 9.97. The molecule has 1 aromatic heterocycles. The van der Waals surface area contributed by atoms with Crippen LogP contribution in [0.1, 0.15) is 15.9 Å². The van der Waals surface area contributed by atoms with Crippen LogP contribution in [-0.4, -0.2) is 29.1 Å². The van der Waals surface area contributed by atoms with E-state index in [-0.39, 0.29) is 17.3 Å². The molecule has 0 aliphatic heterocycles. The maximum atomic E-state index is 12.1. The van der Waals surface area contributed by atoms with Gasteiger partial charge in [0, 0.05) is 16.2 Å². The van der Waals surface area contributed by atoms with Gasteiger partial charge in [-0.2, -0.15) is 0 Å². The van der Waals surface area contributed by atoms with E-state index >= 15 is 0 Å². The standard InChI is InChI=1S/C14H13IN2O4/c1-17(7-9-4-5-21-8-9)14(20)16-12-3-2-10(15)6-11(12)13(18)19/h2-6,8H,7H2,1H3,(H,16,20)(H,18,19). The van der Waals surface area contributed by atoms with Crippen LogP contribution in [0, 0.1) is 3.57 Å². The van der Waals surface area contributed by atoms with Crippen LogP contribution in [0.15, 0.2) is 41.2 Å². The van der Waals surface area contributed by atoms with Crippen LogP contribution < -0.4 is 5.32 Å². The Morgan fingerprint density at radius 1 is 1.38 bits per heavy atom. The molecule has 2 N–H and O–H groups in total. The fourth-order valence-corrected chi connectivity index (χ4v) is 2.23. The number of nitrogens with zero attached hydrogens (tertiary/aromatic N) is 1. The molecule has 0 fully saturated rings. The smallest absolute Gasteiger partial charge is 0.337 e. The Balaban J connectivity index is 2.10. The van der Waals surface area contributed by atoms with Crippen LogP contribution in [0.4, 0.5) is 10.5 Å². The van der Waals surface area contributed by atoms with Gasteiger partial charge in [-0.15, -0.1) is 0 Å². The molecule has 0 unspecified atom stereocenters. The Morgan fingerprint density at radius 2 is 2.14 bits per heavy atom. The van der Waals surface area contributed by atoms with Gasteiger partial charge in [-0.25, -0.2) is 9.59 Å². The second kappa shape index (κ2) is 6.61. The number of anilines is 1. The number of halogens is 1. The highest BCUT2D eigenvalue weighted by molar-refractivity contribution is 14.1. The molecule has 1 heterocycles. The van der Waals surface area contributed by atoms with Crippen molar-refractivity contribution in [3.05, 3.63) is 51.5 Å². The van der Waals surface area contributed by atoms with Crippen LogP contribution in [0.3, 0.4) is 0 Å². The van der Waals surface area contributed by atoms with E-state index in [0.717, 1.165) is 9.13 Å². The number of rotatable bonds is 4. The highest BCUT2D eigenvalue weighted by atomic mass is 127. The molecular weight excluding hydrogens is 387 g/mol. The number of aromatic carboxylic acids is 1. The molecule has 110 valence electrons. The number of carboxylic acid groups (broad SMARTS) is 1. The topological polar surface area (TPSA) is 82.8 Å². The molecule has 21 heavy (non-hydrogen) atoms. The lowest BCUT2D eigenvalue weighted by atomic mass is 10.2. The number of benzene rings is 1. The van der Waals surface area contributed by atoms with E-state index in [4.69, 9.17) is 9.52 Å². The molecule has 0 radical (unpaired) electrons. The minimum absolute atomic E-state index is 0.0620. The summed E-state index contributed by atoms with van der Waals surface area (Å²) in [7, 11) is 1.62. The quantitative estimate of drug-likeness (QED) is 0.773. The average molecular weight is 400 g/mol. The van der Waals surface area contributed by atoms with Gasteiger partial charge in [-0.3, -0.25) is 0 Å². The summed E-state index contributed by atoms with van der Waals surface area (Å²) in [6.45, 7) is 0.370. The predicted molar refractivity (Wildman–Crippen MR) is 85.3 cm³/mol. The normalized spacial score (nSPS) is 10.2. The molecule has 7 heteroatoms. The first kappa shape index (κ1) is 15.4. The van der Waals surface area contributed by atoms with Crippen LogP contribution in [0.2, 0.25) is 0 Å². The third kappa shape index (κ3) is 3.97. The number of hydrogen-bond acceptors (Lipinski definition) is 3. The predicted octanol–water partition coefficient (Wildman–Crippen LogP) is 3.25. The molecule has 0 aliphatic carbocycles. The SMILES string of the molecule is CN(Cc1ccoc1)C(=O)Nc1ccc(I)cc1C(=O)O. The maximum Gasteiger partial charge on any atom is 0.337 e. The van der Waals surface area contributed by atoms with Gasteiger partial charge in [-0.1, -0.05) is 0 Å². The highest BCUT2D eigenvalue weighted by Gasteiger charge is 2.15. The van der Waals surface area contributed by atoms with Crippen LogP contribution in [0.25, 0.3) is 0 Å². The van der Waals surface area contributed by atoms with E-state index in [2.05, 4.69) is 5.32 Å². The summed E-state index contributed by atoms with van der Waals surface area (Å²) < 4.78 is 5.73. The lowest BCUT2D eigenvalue weighted by Crippen LogP contribution is -2.31. The van der Waals surface area contributed by atoms with Gasteiger partial charge in [0.25, 0.3) is 0 Å². The summed E-state index contributed by atoms with van der Waals surface area (Å²) in [6.07, 6.45) is 3.08. The minimum Gasteiger partial charge on any atom is -0.478 e. The monoisotopic (exact) mass is 400 g/mol. The molecule has 2 amide bonds. The van der Waals surface area contributed by atoms with Crippen molar-refractivity contribution in [3.8, 4) is 0 Å². The fourth-order valence-electron chi connectivity index (χ4n) is 1.74. The second-order valence-corrected chi connectivity index (χ2v) is 5.66. The molecule has 1 aromatic carbocycles. The Labute approximate surface area is 134 Å². The maximum absolute atomic E-state index is 12.1. The molecule has 2 rings (SSSR count). The summed E-state index contributed by atoms with van der Waals surface area (Å²) in [5.41, 5.74) is 1.19. The fraction of sp³-hybridized carbons (Fsp3) is 0.143. The summed E-state index contributed by atoms with van der Waals surface area (Å²) in [6, 6.07) is 6.19. The third-order valence-corrected chi connectivity index (χ3v) is 3.47. The molecule has 0 saturated heterocycles. The lowest BCUT2D eigenvalue weighted by molar-refractivity contribution is 0.0698. The van der Waals surface area contributed by atoms with E-state index in [1.165, 1.54) is 17.2 Å². The van der Waals surface area contributed by atoms with E-state index in [1.54, 1.807) is 31.5 Å². The second-order valence-electron chi connectivity index (χ2n) is 4.41. The molecule has 6 nitrogen and oxygen atoms in total. The zero-order valence-corrected chi connectivity index (χ0v) is 13.3. The molecule has 0 bridgehead atoms. The van der Waals surface area contributed by atoms with Crippen molar-refractivity contribution in [2.75, 3.05) is 12.4 Å². The average Bonchev–Trinajstić information content (AvgIpc) is 2.93. The first-order valence-electron chi connectivity index (χ1n) is 6.03. The number of hydrogen-bond donors (Lipinski definition) is 2. The van der Waals surface area contributed by atoms with Gasteiger partial charge >= 0.3 is 12.0 Å². The lowest BCUT2D eigenvalue weighted by Gasteiger charge is -2.18.